The van der Waals surface area contributed by atoms with Crippen molar-refractivity contribution in [3.63, 3.8) is 0 Å². The molecule has 1 N–H and O–H groups in total. The van der Waals surface area contributed by atoms with Gasteiger partial charge in [0.1, 0.15) is 6.23 Å². The van der Waals surface area contributed by atoms with Gasteiger partial charge in [-0.3, -0.25) is 4.90 Å². The van der Waals surface area contributed by atoms with Crippen molar-refractivity contribution in [2.45, 2.75) is 58.1 Å². The van der Waals surface area contributed by atoms with E-state index in [0.29, 0.717) is 0 Å². The summed E-state index contributed by atoms with van der Waals surface area (Å²) in [6.45, 7) is 9.20. The summed E-state index contributed by atoms with van der Waals surface area (Å²) < 4.78 is 11.3. The van der Waals surface area contributed by atoms with E-state index in [2.05, 4.69) is 4.90 Å². The molecule has 1 heterocycles. The van der Waals surface area contributed by atoms with Crippen LogP contribution in [-0.4, -0.2) is 54.2 Å². The van der Waals surface area contributed by atoms with E-state index >= 15 is 0 Å². The van der Waals surface area contributed by atoms with Crippen molar-refractivity contribution in [3.8, 4) is 0 Å². The lowest BCUT2D eigenvalue weighted by atomic mass is 10.1. The number of aliphatic hydroxyl groups is 1. The molecule has 0 bridgehead atoms. The summed E-state index contributed by atoms with van der Waals surface area (Å²) in [6.07, 6.45) is 1.09. The van der Waals surface area contributed by atoms with Gasteiger partial charge in [-0.05, 0) is 34.1 Å². The smallest absolute Gasteiger partial charge is 0.108 e. The normalized spacial score (nSPS) is 29.6. The lowest BCUT2D eigenvalue weighted by Crippen LogP contribution is -2.47. The van der Waals surface area contributed by atoms with Crippen LogP contribution in [0.2, 0.25) is 0 Å². The monoisotopic (exact) mass is 231 g/mol. The Balaban J connectivity index is 2.59. The van der Waals surface area contributed by atoms with Crippen molar-refractivity contribution in [2.24, 2.45) is 0 Å². The van der Waals surface area contributed by atoms with Gasteiger partial charge in [0.25, 0.3) is 0 Å². The fourth-order valence-corrected chi connectivity index (χ4v) is 2.38. The minimum absolute atomic E-state index is 0.0114. The Morgan fingerprint density at radius 3 is 2.50 bits per heavy atom. The average Bonchev–Trinajstić information content (AvgIpc) is 2.57. The van der Waals surface area contributed by atoms with Gasteiger partial charge in [-0.25, -0.2) is 0 Å². The van der Waals surface area contributed by atoms with Gasteiger partial charge in [0.15, 0.2) is 0 Å². The standard InChI is InChI=1S/C12H25NO3/c1-9(16-12(2,3)4)13-7-6-11(15-5)10(13)8-14/h9-11,14H,6-8H2,1-5H3/t9?,10-,11+/m1/s1. The molecule has 1 fully saturated rings. The fraction of sp³-hybridized carbons (Fsp3) is 1.00. The minimum Gasteiger partial charge on any atom is -0.395 e. The predicted molar refractivity (Wildman–Crippen MR) is 63.3 cm³/mol. The van der Waals surface area contributed by atoms with Gasteiger partial charge >= 0.3 is 0 Å². The van der Waals surface area contributed by atoms with Crippen molar-refractivity contribution in [3.05, 3.63) is 0 Å². The van der Waals surface area contributed by atoms with E-state index in [9.17, 15) is 5.11 Å². The highest BCUT2D eigenvalue weighted by Gasteiger charge is 2.37. The molecule has 1 unspecified atom stereocenters. The van der Waals surface area contributed by atoms with Crippen LogP contribution in [-0.2, 0) is 9.47 Å². The number of hydrogen-bond acceptors (Lipinski definition) is 4. The summed E-state index contributed by atoms with van der Waals surface area (Å²) in [7, 11) is 1.70. The lowest BCUT2D eigenvalue weighted by Gasteiger charge is -2.35. The van der Waals surface area contributed by atoms with E-state index in [1.165, 1.54) is 0 Å². The molecule has 0 amide bonds. The Bertz CT molecular complexity index is 215. The molecule has 96 valence electrons. The molecule has 3 atom stereocenters. The molecule has 1 aliphatic rings. The molecule has 0 spiro atoms. The number of methoxy groups -OCH3 is 1. The average molecular weight is 231 g/mol. The summed E-state index contributed by atoms with van der Waals surface area (Å²) in [5.41, 5.74) is -0.162. The molecule has 0 aromatic rings. The number of nitrogens with zero attached hydrogens (tertiary/aromatic N) is 1. The first kappa shape index (κ1) is 13.9. The molecule has 0 radical (unpaired) electrons. The first-order valence-corrected chi connectivity index (χ1v) is 5.96. The Morgan fingerprint density at radius 1 is 1.44 bits per heavy atom. The zero-order valence-corrected chi connectivity index (χ0v) is 11.1. The van der Waals surface area contributed by atoms with Crippen molar-refractivity contribution in [2.75, 3.05) is 20.3 Å². The molecule has 0 aliphatic carbocycles. The van der Waals surface area contributed by atoms with Crippen LogP contribution >= 0.6 is 0 Å². The quantitative estimate of drug-likeness (QED) is 0.790. The summed E-state index contributed by atoms with van der Waals surface area (Å²) >= 11 is 0. The van der Waals surface area contributed by atoms with Crippen LogP contribution in [0, 0.1) is 0 Å². The van der Waals surface area contributed by atoms with Crippen LogP contribution in [0.15, 0.2) is 0 Å². The Morgan fingerprint density at radius 2 is 2.06 bits per heavy atom. The zero-order valence-electron chi connectivity index (χ0n) is 11.1. The molecule has 1 aliphatic heterocycles. The first-order valence-electron chi connectivity index (χ1n) is 5.96. The number of ether oxygens (including phenoxy) is 2. The lowest BCUT2D eigenvalue weighted by molar-refractivity contribution is -0.137. The molecule has 4 nitrogen and oxygen atoms in total. The summed E-state index contributed by atoms with van der Waals surface area (Å²) in [4.78, 5) is 2.18. The molecule has 1 saturated heterocycles. The molecule has 0 saturated carbocycles. The molecular formula is C12H25NO3. The predicted octanol–water partition coefficient (Wildman–Crippen LogP) is 1.23. The molecule has 4 heteroatoms. The van der Waals surface area contributed by atoms with Gasteiger partial charge in [0.2, 0.25) is 0 Å². The van der Waals surface area contributed by atoms with Crippen molar-refractivity contribution < 1.29 is 14.6 Å². The fourth-order valence-electron chi connectivity index (χ4n) is 2.38. The second-order valence-corrected chi connectivity index (χ2v) is 5.38. The zero-order chi connectivity index (χ0) is 12.3. The Kier molecular flexibility index (Phi) is 4.73. The second kappa shape index (κ2) is 5.45. The van der Waals surface area contributed by atoms with Gasteiger partial charge in [-0.1, -0.05) is 0 Å². The summed E-state index contributed by atoms with van der Waals surface area (Å²) in [6, 6.07) is 0.0577. The van der Waals surface area contributed by atoms with E-state index < -0.39 is 0 Å². The van der Waals surface area contributed by atoms with Gasteiger partial charge < -0.3 is 14.6 Å². The maximum absolute atomic E-state index is 9.41. The van der Waals surface area contributed by atoms with Gasteiger partial charge in [0, 0.05) is 13.7 Å². The van der Waals surface area contributed by atoms with Gasteiger partial charge in [0.05, 0.1) is 24.4 Å². The van der Waals surface area contributed by atoms with Crippen LogP contribution in [0.5, 0.6) is 0 Å². The second-order valence-electron chi connectivity index (χ2n) is 5.38. The molecule has 16 heavy (non-hydrogen) atoms. The van der Waals surface area contributed by atoms with E-state index in [4.69, 9.17) is 9.47 Å². The highest BCUT2D eigenvalue weighted by Crippen LogP contribution is 2.25. The molecular weight excluding hydrogens is 206 g/mol. The van der Waals surface area contributed by atoms with E-state index in [-0.39, 0.29) is 30.6 Å². The van der Waals surface area contributed by atoms with Crippen molar-refractivity contribution >= 4 is 0 Å². The third-order valence-corrected chi connectivity index (χ3v) is 3.01. The largest absolute Gasteiger partial charge is 0.395 e. The highest BCUT2D eigenvalue weighted by molar-refractivity contribution is 4.88. The van der Waals surface area contributed by atoms with Crippen LogP contribution in [0.3, 0.4) is 0 Å². The van der Waals surface area contributed by atoms with Crippen LogP contribution in [0.25, 0.3) is 0 Å². The Labute approximate surface area is 98.5 Å². The van der Waals surface area contributed by atoms with Gasteiger partial charge in [-0.15, -0.1) is 0 Å². The maximum Gasteiger partial charge on any atom is 0.108 e. The minimum atomic E-state index is -0.162. The van der Waals surface area contributed by atoms with Crippen molar-refractivity contribution in [1.29, 1.82) is 0 Å². The molecule has 1 rings (SSSR count). The molecule has 0 aromatic carbocycles. The van der Waals surface area contributed by atoms with Crippen molar-refractivity contribution in [1.82, 2.24) is 4.90 Å². The van der Waals surface area contributed by atoms with E-state index in [1.807, 2.05) is 27.7 Å². The number of likely N-dealkylation sites (tertiary alicyclic amines) is 1. The number of hydrogen-bond donors (Lipinski definition) is 1. The Hall–Kier alpha value is -0.160. The number of aliphatic hydroxyl groups excluding tert-OH is 1. The summed E-state index contributed by atoms with van der Waals surface area (Å²) in [5.74, 6) is 0. The SMILES string of the molecule is CO[C@H]1CCN(C(C)OC(C)(C)C)[C@@H]1CO. The first-order chi connectivity index (χ1) is 7.39. The summed E-state index contributed by atoms with van der Waals surface area (Å²) in [5, 5.41) is 9.41. The van der Waals surface area contributed by atoms with Gasteiger partial charge in [-0.2, -0.15) is 0 Å². The van der Waals surface area contributed by atoms with Crippen LogP contribution in [0.1, 0.15) is 34.1 Å². The van der Waals surface area contributed by atoms with Crippen LogP contribution < -0.4 is 0 Å². The van der Waals surface area contributed by atoms with E-state index in [1.54, 1.807) is 7.11 Å². The maximum atomic E-state index is 9.41. The van der Waals surface area contributed by atoms with E-state index in [0.717, 1.165) is 13.0 Å². The third-order valence-electron chi connectivity index (χ3n) is 3.01. The topological polar surface area (TPSA) is 41.9 Å². The highest BCUT2D eigenvalue weighted by atomic mass is 16.5. The third kappa shape index (κ3) is 3.42. The molecule has 0 aromatic heterocycles. The van der Waals surface area contributed by atoms with Crippen LogP contribution in [0.4, 0.5) is 0 Å². The number of rotatable bonds is 4.